The van der Waals surface area contributed by atoms with Gasteiger partial charge in [0, 0.05) is 45.9 Å². The lowest BCUT2D eigenvalue weighted by atomic mass is 10.1. The maximum atomic E-state index is 12.5. The van der Waals surface area contributed by atoms with Crippen LogP contribution in [0.15, 0.2) is 96.4 Å². The molecule has 4 rings (SSSR count). The molecular formula is C24H20ClN3OS. The molecule has 0 saturated heterocycles. The van der Waals surface area contributed by atoms with E-state index in [2.05, 4.69) is 10.3 Å². The quantitative estimate of drug-likeness (QED) is 0.377. The molecule has 1 heterocycles. The molecule has 150 valence electrons. The van der Waals surface area contributed by atoms with E-state index in [0.29, 0.717) is 12.1 Å². The van der Waals surface area contributed by atoms with Gasteiger partial charge < -0.3 is 9.88 Å². The smallest absolute Gasteiger partial charge is 0.251 e. The van der Waals surface area contributed by atoms with E-state index in [4.69, 9.17) is 11.6 Å². The number of amides is 1. The van der Waals surface area contributed by atoms with Crippen LogP contribution in [0.5, 0.6) is 0 Å². The van der Waals surface area contributed by atoms with Crippen LogP contribution in [0.25, 0.3) is 5.69 Å². The Morgan fingerprint density at radius 3 is 2.30 bits per heavy atom. The standard InChI is InChI=1S/C24H20ClN3OS/c25-21-7-11-23(12-8-21)30-16-19-1-5-20(6-2-19)24(29)27-15-18-3-9-22(10-4-18)28-14-13-26-17-28/h1-14,17H,15-16H2,(H,27,29). The number of benzene rings is 3. The number of carbonyl (C=O) groups excluding carboxylic acids is 1. The molecule has 0 saturated carbocycles. The molecule has 0 unspecified atom stereocenters. The van der Waals surface area contributed by atoms with Crippen molar-refractivity contribution in [1.29, 1.82) is 0 Å². The van der Waals surface area contributed by atoms with Crippen molar-refractivity contribution in [3.63, 3.8) is 0 Å². The minimum Gasteiger partial charge on any atom is -0.348 e. The summed E-state index contributed by atoms with van der Waals surface area (Å²) in [5, 5.41) is 3.72. The van der Waals surface area contributed by atoms with Gasteiger partial charge >= 0.3 is 0 Å². The maximum absolute atomic E-state index is 12.5. The molecular weight excluding hydrogens is 414 g/mol. The number of carbonyl (C=O) groups is 1. The summed E-state index contributed by atoms with van der Waals surface area (Å²) in [6.07, 6.45) is 5.40. The van der Waals surface area contributed by atoms with E-state index in [9.17, 15) is 4.79 Å². The summed E-state index contributed by atoms with van der Waals surface area (Å²) in [7, 11) is 0. The molecule has 0 radical (unpaired) electrons. The molecule has 6 heteroatoms. The van der Waals surface area contributed by atoms with Crippen LogP contribution in [0.1, 0.15) is 21.5 Å². The predicted molar refractivity (Wildman–Crippen MR) is 122 cm³/mol. The summed E-state index contributed by atoms with van der Waals surface area (Å²) >= 11 is 7.66. The Balaban J connectivity index is 1.28. The third-order valence-corrected chi connectivity index (χ3v) is 5.96. The number of rotatable bonds is 7. The number of hydrogen-bond donors (Lipinski definition) is 1. The molecule has 4 aromatic rings. The zero-order valence-corrected chi connectivity index (χ0v) is 17.7. The average Bonchev–Trinajstić information content (AvgIpc) is 3.33. The Hall–Kier alpha value is -3.02. The van der Waals surface area contributed by atoms with Crippen LogP contribution in [0, 0.1) is 0 Å². The third kappa shape index (κ3) is 5.32. The van der Waals surface area contributed by atoms with E-state index in [-0.39, 0.29) is 5.91 Å². The van der Waals surface area contributed by atoms with Gasteiger partial charge in [0.25, 0.3) is 5.91 Å². The Morgan fingerprint density at radius 1 is 0.933 bits per heavy atom. The molecule has 1 aromatic heterocycles. The van der Waals surface area contributed by atoms with Crippen LogP contribution in [-0.4, -0.2) is 15.5 Å². The number of nitrogens with one attached hydrogen (secondary N) is 1. The first-order valence-electron chi connectivity index (χ1n) is 9.50. The molecule has 3 aromatic carbocycles. The molecule has 0 atom stereocenters. The van der Waals surface area contributed by atoms with Gasteiger partial charge in [0.2, 0.25) is 0 Å². The molecule has 0 aliphatic heterocycles. The molecule has 0 fully saturated rings. The first-order chi connectivity index (χ1) is 14.7. The van der Waals surface area contributed by atoms with E-state index in [1.807, 2.05) is 83.6 Å². The van der Waals surface area contributed by atoms with Gasteiger partial charge in [-0.3, -0.25) is 4.79 Å². The fourth-order valence-corrected chi connectivity index (χ4v) is 3.91. The number of nitrogens with zero attached hydrogens (tertiary/aromatic N) is 2. The van der Waals surface area contributed by atoms with E-state index >= 15 is 0 Å². The molecule has 4 nitrogen and oxygen atoms in total. The second-order valence-electron chi connectivity index (χ2n) is 6.76. The van der Waals surface area contributed by atoms with Crippen molar-refractivity contribution in [2.75, 3.05) is 0 Å². The van der Waals surface area contributed by atoms with E-state index in [0.717, 1.165) is 22.0 Å². The van der Waals surface area contributed by atoms with Crippen molar-refractivity contribution in [2.24, 2.45) is 0 Å². The second kappa shape index (κ2) is 9.65. The third-order valence-electron chi connectivity index (χ3n) is 4.63. The fraction of sp³-hybridized carbons (Fsp3) is 0.0833. The Morgan fingerprint density at radius 2 is 1.63 bits per heavy atom. The van der Waals surface area contributed by atoms with Crippen LogP contribution in [0.4, 0.5) is 0 Å². The van der Waals surface area contributed by atoms with Crippen LogP contribution in [-0.2, 0) is 12.3 Å². The lowest BCUT2D eigenvalue weighted by Gasteiger charge is -2.08. The summed E-state index contributed by atoms with van der Waals surface area (Å²) < 4.78 is 1.94. The highest BCUT2D eigenvalue weighted by Gasteiger charge is 2.06. The summed E-state index contributed by atoms with van der Waals surface area (Å²) in [5.74, 6) is 0.762. The van der Waals surface area contributed by atoms with E-state index in [1.165, 1.54) is 10.5 Å². The second-order valence-corrected chi connectivity index (χ2v) is 8.24. The van der Waals surface area contributed by atoms with Crippen molar-refractivity contribution in [2.45, 2.75) is 17.2 Å². The number of thioether (sulfide) groups is 1. The highest BCUT2D eigenvalue weighted by molar-refractivity contribution is 7.98. The minimum atomic E-state index is -0.0782. The minimum absolute atomic E-state index is 0.0782. The summed E-state index contributed by atoms with van der Waals surface area (Å²) in [5.41, 5.74) is 3.91. The number of imidazole rings is 1. The lowest BCUT2D eigenvalue weighted by Crippen LogP contribution is -2.22. The fourth-order valence-electron chi connectivity index (χ4n) is 2.93. The Labute approximate surface area is 184 Å². The van der Waals surface area contributed by atoms with E-state index in [1.54, 1.807) is 24.3 Å². The predicted octanol–water partition coefficient (Wildman–Crippen LogP) is 5.75. The van der Waals surface area contributed by atoms with Crippen LogP contribution >= 0.6 is 23.4 Å². The molecule has 1 amide bonds. The van der Waals surface area contributed by atoms with Gasteiger partial charge in [0.15, 0.2) is 0 Å². The largest absolute Gasteiger partial charge is 0.348 e. The van der Waals surface area contributed by atoms with Gasteiger partial charge in [-0.05, 0) is 59.7 Å². The first-order valence-corrected chi connectivity index (χ1v) is 10.9. The normalized spacial score (nSPS) is 10.7. The van der Waals surface area contributed by atoms with Gasteiger partial charge in [-0.15, -0.1) is 11.8 Å². The van der Waals surface area contributed by atoms with E-state index < -0.39 is 0 Å². The summed E-state index contributed by atoms with van der Waals surface area (Å²) in [6, 6.07) is 23.6. The number of hydrogen-bond acceptors (Lipinski definition) is 3. The monoisotopic (exact) mass is 433 g/mol. The zero-order valence-electron chi connectivity index (χ0n) is 16.2. The topological polar surface area (TPSA) is 46.9 Å². The zero-order chi connectivity index (χ0) is 20.8. The average molecular weight is 434 g/mol. The van der Waals surface area contributed by atoms with Crippen molar-refractivity contribution < 1.29 is 4.79 Å². The van der Waals surface area contributed by atoms with Gasteiger partial charge in [-0.1, -0.05) is 35.9 Å². The van der Waals surface area contributed by atoms with Crippen molar-refractivity contribution in [3.8, 4) is 5.69 Å². The highest BCUT2D eigenvalue weighted by atomic mass is 35.5. The van der Waals surface area contributed by atoms with Crippen LogP contribution < -0.4 is 5.32 Å². The van der Waals surface area contributed by atoms with Crippen molar-refractivity contribution in [3.05, 3.63) is 113 Å². The summed E-state index contributed by atoms with van der Waals surface area (Å²) in [6.45, 7) is 0.483. The van der Waals surface area contributed by atoms with Crippen LogP contribution in [0.2, 0.25) is 5.02 Å². The molecule has 1 N–H and O–H groups in total. The maximum Gasteiger partial charge on any atom is 0.251 e. The molecule has 30 heavy (non-hydrogen) atoms. The molecule has 0 spiro atoms. The molecule has 0 aliphatic rings. The Bertz CT molecular complexity index is 1090. The van der Waals surface area contributed by atoms with Crippen LogP contribution in [0.3, 0.4) is 0 Å². The number of halogens is 1. The van der Waals surface area contributed by atoms with Gasteiger partial charge in [0.1, 0.15) is 0 Å². The SMILES string of the molecule is O=C(NCc1ccc(-n2ccnc2)cc1)c1ccc(CSc2ccc(Cl)cc2)cc1. The summed E-state index contributed by atoms with van der Waals surface area (Å²) in [4.78, 5) is 17.7. The molecule has 0 bridgehead atoms. The lowest BCUT2D eigenvalue weighted by molar-refractivity contribution is 0.0951. The van der Waals surface area contributed by atoms with Gasteiger partial charge in [0.05, 0.1) is 6.33 Å². The molecule has 0 aliphatic carbocycles. The highest BCUT2D eigenvalue weighted by Crippen LogP contribution is 2.24. The van der Waals surface area contributed by atoms with Gasteiger partial charge in [-0.25, -0.2) is 4.98 Å². The first kappa shape index (κ1) is 20.3. The van der Waals surface area contributed by atoms with Gasteiger partial charge in [-0.2, -0.15) is 0 Å². The number of aromatic nitrogens is 2. The Kier molecular flexibility index (Phi) is 6.52. The van der Waals surface area contributed by atoms with Crippen molar-refractivity contribution >= 4 is 29.3 Å². The van der Waals surface area contributed by atoms with Crippen molar-refractivity contribution in [1.82, 2.24) is 14.9 Å².